The van der Waals surface area contributed by atoms with Gasteiger partial charge in [0.15, 0.2) is 0 Å². The predicted octanol–water partition coefficient (Wildman–Crippen LogP) is 2.16. The summed E-state index contributed by atoms with van der Waals surface area (Å²) >= 11 is 0. The van der Waals surface area contributed by atoms with E-state index in [1.807, 2.05) is 0 Å². The number of hydrogen-bond donors (Lipinski definition) is 0. The summed E-state index contributed by atoms with van der Waals surface area (Å²) in [6, 6.07) is 0. The van der Waals surface area contributed by atoms with Gasteiger partial charge in [0.2, 0.25) is 0 Å². The van der Waals surface area contributed by atoms with Crippen LogP contribution in [-0.2, 0) is 9.47 Å². The molecule has 0 amide bonds. The highest BCUT2D eigenvalue weighted by atomic mass is 16.5. The summed E-state index contributed by atoms with van der Waals surface area (Å²) in [4.78, 5) is 2.41. The van der Waals surface area contributed by atoms with Crippen LogP contribution in [-0.4, -0.2) is 51.0 Å². The van der Waals surface area contributed by atoms with Crippen molar-refractivity contribution in [3.8, 4) is 0 Å². The number of ether oxygens (including phenoxy) is 2. The Balaban J connectivity index is 1.87. The fraction of sp³-hybridized carbons (Fsp3) is 1.00. The second kappa shape index (κ2) is 7.25. The van der Waals surface area contributed by atoms with Gasteiger partial charge in [-0.2, -0.15) is 0 Å². The molecule has 0 aliphatic carbocycles. The Hall–Kier alpha value is -0.120. The van der Waals surface area contributed by atoms with E-state index in [1.165, 1.54) is 12.8 Å². The largest absolute Gasteiger partial charge is 0.380 e. The average Bonchev–Trinajstić information content (AvgIpc) is 2.23. The first-order chi connectivity index (χ1) is 7.58. The molecular weight excluding hydrogens is 202 g/mol. The molecule has 0 unspecified atom stereocenters. The predicted molar refractivity (Wildman–Crippen MR) is 66.8 cm³/mol. The number of nitrogens with zero attached hydrogens (tertiary/aromatic N) is 1. The molecule has 0 aromatic carbocycles. The van der Waals surface area contributed by atoms with Crippen LogP contribution in [0.4, 0.5) is 0 Å². The average molecular weight is 229 g/mol. The zero-order valence-electron chi connectivity index (χ0n) is 11.1. The summed E-state index contributed by atoms with van der Waals surface area (Å²) in [7, 11) is 0. The maximum Gasteiger partial charge on any atom is 0.0594 e. The Kier molecular flexibility index (Phi) is 6.32. The van der Waals surface area contributed by atoms with Gasteiger partial charge in [0, 0.05) is 26.2 Å². The fourth-order valence-corrected chi connectivity index (χ4v) is 1.83. The molecule has 0 N–H and O–H groups in total. The van der Waals surface area contributed by atoms with Crippen molar-refractivity contribution in [1.29, 1.82) is 0 Å². The summed E-state index contributed by atoms with van der Waals surface area (Å²) in [5, 5.41) is 0. The van der Waals surface area contributed by atoms with Gasteiger partial charge in [0.1, 0.15) is 0 Å². The van der Waals surface area contributed by atoms with Crippen LogP contribution < -0.4 is 0 Å². The maximum absolute atomic E-state index is 5.65. The molecule has 1 rings (SSSR count). The molecule has 3 heteroatoms. The third kappa shape index (κ3) is 7.20. The lowest BCUT2D eigenvalue weighted by molar-refractivity contribution is 0.0194. The van der Waals surface area contributed by atoms with Crippen molar-refractivity contribution >= 4 is 0 Å². The molecule has 1 aliphatic heterocycles. The second-order valence-corrected chi connectivity index (χ2v) is 5.73. The van der Waals surface area contributed by atoms with Crippen LogP contribution in [0, 0.1) is 5.41 Å². The van der Waals surface area contributed by atoms with Crippen LogP contribution in [0.3, 0.4) is 0 Å². The Labute approximate surface area is 100 Å². The summed E-state index contributed by atoms with van der Waals surface area (Å²) in [5.41, 5.74) is 0.438. The lowest BCUT2D eigenvalue weighted by Gasteiger charge is -2.26. The number of morpholine rings is 1. The van der Waals surface area contributed by atoms with Crippen LogP contribution in [0.2, 0.25) is 0 Å². The molecule has 16 heavy (non-hydrogen) atoms. The molecule has 1 saturated heterocycles. The molecule has 3 nitrogen and oxygen atoms in total. The first kappa shape index (κ1) is 13.9. The zero-order valence-corrected chi connectivity index (χ0v) is 11.1. The van der Waals surface area contributed by atoms with Crippen LogP contribution >= 0.6 is 0 Å². The van der Waals surface area contributed by atoms with Crippen LogP contribution in [0.25, 0.3) is 0 Å². The highest BCUT2D eigenvalue weighted by Crippen LogP contribution is 2.20. The van der Waals surface area contributed by atoms with Crippen LogP contribution in [0.15, 0.2) is 0 Å². The topological polar surface area (TPSA) is 21.7 Å². The van der Waals surface area contributed by atoms with Gasteiger partial charge in [-0.05, 0) is 18.3 Å². The minimum absolute atomic E-state index is 0.438. The molecule has 0 aromatic rings. The minimum Gasteiger partial charge on any atom is -0.380 e. The monoisotopic (exact) mass is 229 g/mol. The third-order valence-electron chi connectivity index (χ3n) is 2.87. The van der Waals surface area contributed by atoms with E-state index < -0.39 is 0 Å². The number of rotatable bonds is 6. The normalized spacial score (nSPS) is 18.9. The quantitative estimate of drug-likeness (QED) is 0.652. The van der Waals surface area contributed by atoms with E-state index in [4.69, 9.17) is 9.47 Å². The molecule has 0 spiro atoms. The first-order valence-electron chi connectivity index (χ1n) is 6.46. The van der Waals surface area contributed by atoms with E-state index in [2.05, 4.69) is 25.7 Å². The van der Waals surface area contributed by atoms with E-state index in [-0.39, 0.29) is 0 Å². The summed E-state index contributed by atoms with van der Waals surface area (Å²) in [5.74, 6) is 0. The molecule has 96 valence electrons. The Morgan fingerprint density at radius 2 is 1.81 bits per heavy atom. The van der Waals surface area contributed by atoms with Crippen molar-refractivity contribution in [3.63, 3.8) is 0 Å². The lowest BCUT2D eigenvalue weighted by Crippen LogP contribution is -2.38. The molecule has 0 bridgehead atoms. The Morgan fingerprint density at radius 1 is 1.12 bits per heavy atom. The van der Waals surface area contributed by atoms with Gasteiger partial charge in [-0.3, -0.25) is 4.90 Å². The van der Waals surface area contributed by atoms with Gasteiger partial charge in [0.05, 0.1) is 19.8 Å². The first-order valence-corrected chi connectivity index (χ1v) is 6.46. The van der Waals surface area contributed by atoms with Gasteiger partial charge >= 0.3 is 0 Å². The minimum atomic E-state index is 0.438. The standard InChI is InChI=1S/C13H27NO2/c1-13(2,3)5-4-9-15-10-6-14-7-11-16-12-8-14/h4-12H2,1-3H3. The molecule has 0 aromatic heterocycles. The van der Waals surface area contributed by atoms with Crippen molar-refractivity contribution in [2.24, 2.45) is 5.41 Å². The lowest BCUT2D eigenvalue weighted by atomic mass is 9.91. The van der Waals surface area contributed by atoms with Gasteiger partial charge in [-0.15, -0.1) is 0 Å². The van der Waals surface area contributed by atoms with Gasteiger partial charge in [0.25, 0.3) is 0 Å². The fourth-order valence-electron chi connectivity index (χ4n) is 1.83. The zero-order chi connectivity index (χ0) is 11.9. The molecule has 1 heterocycles. The molecule has 1 aliphatic rings. The van der Waals surface area contributed by atoms with Crippen molar-refractivity contribution in [3.05, 3.63) is 0 Å². The molecule has 1 fully saturated rings. The van der Waals surface area contributed by atoms with E-state index in [0.717, 1.165) is 46.1 Å². The SMILES string of the molecule is CC(C)(C)CCCOCCN1CCOCC1. The van der Waals surface area contributed by atoms with E-state index >= 15 is 0 Å². The van der Waals surface area contributed by atoms with Gasteiger partial charge in [-0.1, -0.05) is 20.8 Å². The second-order valence-electron chi connectivity index (χ2n) is 5.73. The summed E-state index contributed by atoms with van der Waals surface area (Å²) < 4.78 is 10.9. The molecular formula is C13H27NO2. The summed E-state index contributed by atoms with van der Waals surface area (Å²) in [6.45, 7) is 13.5. The highest BCUT2D eigenvalue weighted by molar-refractivity contribution is 4.62. The smallest absolute Gasteiger partial charge is 0.0594 e. The highest BCUT2D eigenvalue weighted by Gasteiger charge is 2.10. The third-order valence-corrected chi connectivity index (χ3v) is 2.87. The van der Waals surface area contributed by atoms with Crippen molar-refractivity contribution in [2.45, 2.75) is 33.6 Å². The van der Waals surface area contributed by atoms with E-state index in [1.54, 1.807) is 0 Å². The van der Waals surface area contributed by atoms with Gasteiger partial charge in [-0.25, -0.2) is 0 Å². The number of hydrogen-bond acceptors (Lipinski definition) is 3. The van der Waals surface area contributed by atoms with Crippen LogP contribution in [0.5, 0.6) is 0 Å². The van der Waals surface area contributed by atoms with E-state index in [9.17, 15) is 0 Å². The molecule has 0 radical (unpaired) electrons. The Bertz CT molecular complexity index is 171. The van der Waals surface area contributed by atoms with Crippen molar-refractivity contribution in [2.75, 3.05) is 46.1 Å². The molecule has 0 atom stereocenters. The molecule has 0 saturated carbocycles. The maximum atomic E-state index is 5.65. The van der Waals surface area contributed by atoms with Crippen LogP contribution in [0.1, 0.15) is 33.6 Å². The summed E-state index contributed by atoms with van der Waals surface area (Å²) in [6.07, 6.45) is 2.41. The van der Waals surface area contributed by atoms with Crippen molar-refractivity contribution in [1.82, 2.24) is 4.90 Å². The van der Waals surface area contributed by atoms with Gasteiger partial charge < -0.3 is 9.47 Å². The van der Waals surface area contributed by atoms with Crippen molar-refractivity contribution < 1.29 is 9.47 Å². The van der Waals surface area contributed by atoms with E-state index in [0.29, 0.717) is 5.41 Å². The Morgan fingerprint density at radius 3 is 2.44 bits per heavy atom.